The first-order chi connectivity index (χ1) is 9.25. The summed E-state index contributed by atoms with van der Waals surface area (Å²) in [6, 6.07) is 5.96. The predicted octanol–water partition coefficient (Wildman–Crippen LogP) is 1.69. The van der Waals surface area contributed by atoms with Gasteiger partial charge in [-0.3, -0.25) is 0 Å². The first-order valence-corrected chi connectivity index (χ1v) is 7.73. The molecule has 2 aromatic rings. The second-order valence-electron chi connectivity index (χ2n) is 3.88. The highest BCUT2D eigenvalue weighted by Crippen LogP contribution is 2.25. The van der Waals surface area contributed by atoms with Crippen LogP contribution in [0.2, 0.25) is 0 Å². The SMILES string of the molecule is O[C@H](C1=NI=CN1)c1ccc(F)cc1-n1cccn1. The summed E-state index contributed by atoms with van der Waals surface area (Å²) in [5, 5.41) is 17.3. The van der Waals surface area contributed by atoms with Crippen LogP contribution in [0.25, 0.3) is 5.69 Å². The number of amidine groups is 1. The Morgan fingerprint density at radius 2 is 2.32 bits per heavy atom. The van der Waals surface area contributed by atoms with Gasteiger partial charge < -0.3 is 10.4 Å². The molecule has 0 saturated heterocycles. The average molecular weight is 372 g/mol. The molecule has 2 N–H and O–H groups in total. The van der Waals surface area contributed by atoms with Gasteiger partial charge in [-0.1, -0.05) is 6.07 Å². The fourth-order valence-electron chi connectivity index (χ4n) is 1.81. The lowest BCUT2D eigenvalue weighted by Gasteiger charge is -2.15. The average Bonchev–Trinajstić information content (AvgIpc) is 3.11. The summed E-state index contributed by atoms with van der Waals surface area (Å²) in [6.07, 6.45) is 2.40. The van der Waals surface area contributed by atoms with Crippen molar-refractivity contribution in [2.45, 2.75) is 6.10 Å². The molecule has 1 aliphatic heterocycles. The highest BCUT2D eigenvalue weighted by molar-refractivity contribution is 14.2. The number of hydrogen-bond donors (Lipinski definition) is 2. The minimum atomic E-state index is -0.904. The zero-order valence-corrected chi connectivity index (χ0v) is 11.8. The van der Waals surface area contributed by atoms with Gasteiger partial charge in [0.2, 0.25) is 0 Å². The molecule has 2 heterocycles. The number of nitrogens with zero attached hydrogens (tertiary/aromatic N) is 3. The largest absolute Gasteiger partial charge is 0.380 e. The van der Waals surface area contributed by atoms with Crippen molar-refractivity contribution in [3.63, 3.8) is 0 Å². The molecule has 0 spiro atoms. The maximum atomic E-state index is 13.4. The maximum absolute atomic E-state index is 13.4. The second kappa shape index (κ2) is 5.17. The number of aliphatic hydroxyl groups excluding tert-OH is 1. The van der Waals surface area contributed by atoms with Crippen molar-refractivity contribution in [2.75, 3.05) is 0 Å². The van der Waals surface area contributed by atoms with E-state index in [1.165, 1.54) is 16.8 Å². The quantitative estimate of drug-likeness (QED) is 0.807. The number of hydrogen-bond acceptors (Lipinski definition) is 4. The lowest BCUT2D eigenvalue weighted by atomic mass is 10.1. The van der Waals surface area contributed by atoms with E-state index in [4.69, 9.17) is 0 Å². The molecule has 1 aliphatic rings. The van der Waals surface area contributed by atoms with E-state index in [0.717, 1.165) is 0 Å². The van der Waals surface area contributed by atoms with Gasteiger partial charge in [0.1, 0.15) is 17.8 Å². The summed E-state index contributed by atoms with van der Waals surface area (Å²) < 4.78 is 21.0. The molecular formula is C12H10FIN4O. The molecule has 19 heavy (non-hydrogen) atoms. The Kier molecular flexibility index (Phi) is 3.38. The number of benzene rings is 1. The van der Waals surface area contributed by atoms with Gasteiger partial charge in [-0.05, 0) is 18.2 Å². The molecule has 0 saturated carbocycles. The molecule has 0 radical (unpaired) electrons. The summed E-state index contributed by atoms with van der Waals surface area (Å²) in [4.78, 5) is 0. The molecular weight excluding hydrogens is 362 g/mol. The molecule has 0 aliphatic carbocycles. The highest BCUT2D eigenvalue weighted by atomic mass is 127. The van der Waals surface area contributed by atoms with Crippen molar-refractivity contribution in [3.8, 4) is 5.69 Å². The smallest absolute Gasteiger partial charge is 0.146 e. The van der Waals surface area contributed by atoms with Crippen LogP contribution < -0.4 is 5.32 Å². The molecule has 98 valence electrons. The van der Waals surface area contributed by atoms with Crippen LogP contribution >= 0.6 is 21.0 Å². The van der Waals surface area contributed by atoms with Crippen molar-refractivity contribution in [1.82, 2.24) is 15.1 Å². The highest BCUT2D eigenvalue weighted by Gasteiger charge is 2.21. The van der Waals surface area contributed by atoms with Gasteiger partial charge in [-0.25, -0.2) is 12.3 Å². The Labute approximate surface area is 118 Å². The minimum Gasteiger partial charge on any atom is -0.380 e. The topological polar surface area (TPSA) is 62.4 Å². The molecule has 0 fully saturated rings. The van der Waals surface area contributed by atoms with Crippen LogP contribution in [0.3, 0.4) is 0 Å². The summed E-state index contributed by atoms with van der Waals surface area (Å²) in [5.74, 6) is 0.134. The van der Waals surface area contributed by atoms with E-state index >= 15 is 0 Å². The van der Waals surface area contributed by atoms with E-state index in [9.17, 15) is 9.50 Å². The molecule has 0 bridgehead atoms. The van der Waals surface area contributed by atoms with Crippen molar-refractivity contribution in [1.29, 1.82) is 0 Å². The molecule has 0 unspecified atom stereocenters. The fraction of sp³-hybridized carbons (Fsp3) is 0.0833. The summed E-state index contributed by atoms with van der Waals surface area (Å²) >= 11 is -0.390. The van der Waals surface area contributed by atoms with Gasteiger partial charge in [0.25, 0.3) is 0 Å². The number of nitrogens with one attached hydrogen (secondary N) is 1. The van der Waals surface area contributed by atoms with E-state index in [0.29, 0.717) is 17.1 Å². The van der Waals surface area contributed by atoms with Crippen molar-refractivity contribution >= 4 is 31.0 Å². The maximum Gasteiger partial charge on any atom is 0.146 e. The third kappa shape index (κ3) is 2.43. The van der Waals surface area contributed by atoms with Crippen LogP contribution in [0.1, 0.15) is 11.7 Å². The molecule has 0 amide bonds. The Morgan fingerprint density at radius 3 is 3.00 bits per heavy atom. The van der Waals surface area contributed by atoms with Crippen molar-refractivity contribution in [3.05, 3.63) is 48.0 Å². The molecule has 1 aromatic carbocycles. The van der Waals surface area contributed by atoms with Crippen LogP contribution in [0.4, 0.5) is 4.39 Å². The van der Waals surface area contributed by atoms with Crippen LogP contribution in [-0.4, -0.2) is 24.9 Å². The zero-order valence-electron chi connectivity index (χ0n) is 9.66. The van der Waals surface area contributed by atoms with Gasteiger partial charge >= 0.3 is 0 Å². The van der Waals surface area contributed by atoms with Gasteiger partial charge in [0.15, 0.2) is 0 Å². The van der Waals surface area contributed by atoms with Crippen LogP contribution in [0.5, 0.6) is 0 Å². The first kappa shape index (κ1) is 12.4. The van der Waals surface area contributed by atoms with Crippen molar-refractivity contribution < 1.29 is 9.50 Å². The third-order valence-corrected chi connectivity index (χ3v) is 4.08. The predicted molar refractivity (Wildman–Crippen MR) is 79.1 cm³/mol. The molecule has 3 rings (SSSR count). The number of rotatable bonds is 3. The molecule has 1 atom stereocenters. The van der Waals surface area contributed by atoms with E-state index in [2.05, 4.69) is 13.6 Å². The normalized spacial score (nSPS) is 15.6. The Bertz CT molecular complexity index is 654. The lowest BCUT2D eigenvalue weighted by molar-refractivity contribution is 0.244. The Morgan fingerprint density at radius 1 is 1.42 bits per heavy atom. The monoisotopic (exact) mass is 372 g/mol. The van der Waals surface area contributed by atoms with Gasteiger partial charge in [-0.15, -0.1) is 0 Å². The lowest BCUT2D eigenvalue weighted by Crippen LogP contribution is -2.26. The zero-order chi connectivity index (χ0) is 13.2. The summed E-state index contributed by atoms with van der Waals surface area (Å²) in [5.41, 5.74) is 1.07. The standard InChI is InChI=1S/C12H10FIN4O/c13-8-2-3-9(11(19)12-15-7-14-17-12)10(6-8)18-5-1-4-16-18/h1-7,11,19H,(H,15,17)/t11-/m0/s1. The molecule has 1 aromatic heterocycles. The molecule has 7 heteroatoms. The number of halogens is 2. The van der Waals surface area contributed by atoms with Crippen LogP contribution in [0.15, 0.2) is 39.9 Å². The first-order valence-electron chi connectivity index (χ1n) is 5.52. The molecule has 5 nitrogen and oxygen atoms in total. The second-order valence-corrected chi connectivity index (χ2v) is 5.54. The van der Waals surface area contributed by atoms with Crippen molar-refractivity contribution in [2.24, 2.45) is 3.21 Å². The summed E-state index contributed by atoms with van der Waals surface area (Å²) in [7, 11) is 0. The van der Waals surface area contributed by atoms with E-state index in [-0.39, 0.29) is 5.82 Å². The Balaban J connectivity index is 2.06. The van der Waals surface area contributed by atoms with Gasteiger partial charge in [0.05, 0.1) is 9.82 Å². The fourth-order valence-corrected chi connectivity index (χ4v) is 3.11. The van der Waals surface area contributed by atoms with Gasteiger partial charge in [-0.2, -0.15) is 5.10 Å². The van der Waals surface area contributed by atoms with E-state index in [1.54, 1.807) is 24.5 Å². The van der Waals surface area contributed by atoms with E-state index in [1.807, 2.05) is 4.14 Å². The van der Waals surface area contributed by atoms with Crippen LogP contribution in [0, 0.1) is 5.82 Å². The Hall–Kier alpha value is -1.61. The van der Waals surface area contributed by atoms with Gasteiger partial charge in [0, 0.05) is 39.0 Å². The number of aromatic nitrogens is 2. The summed E-state index contributed by atoms with van der Waals surface area (Å²) in [6.45, 7) is 0. The third-order valence-electron chi connectivity index (χ3n) is 2.69. The van der Waals surface area contributed by atoms with E-state index < -0.39 is 27.1 Å². The number of aliphatic hydroxyl groups is 1. The van der Waals surface area contributed by atoms with Crippen LogP contribution in [-0.2, 0) is 0 Å². The minimum absolute atomic E-state index is 0.373.